The average molecular weight is 194 g/mol. The van der Waals surface area contributed by atoms with Crippen molar-refractivity contribution in [2.45, 2.75) is 18.9 Å². The summed E-state index contributed by atoms with van der Waals surface area (Å²) in [5.41, 5.74) is 8.38. The maximum Gasteiger partial charge on any atom is 0.0540 e. The second-order valence-corrected chi connectivity index (χ2v) is 3.99. The molecule has 1 atom stereocenters. The highest BCUT2D eigenvalue weighted by Crippen LogP contribution is 2.29. The molecule has 0 saturated carbocycles. The van der Waals surface area contributed by atoms with E-state index in [1.54, 1.807) is 0 Å². The van der Waals surface area contributed by atoms with Gasteiger partial charge in [-0.15, -0.1) is 0 Å². The van der Waals surface area contributed by atoms with E-state index < -0.39 is 0 Å². The Kier molecular flexibility index (Phi) is 2.56. The minimum atomic E-state index is 0.470. The molecule has 14 heavy (non-hydrogen) atoms. The van der Waals surface area contributed by atoms with Crippen LogP contribution in [0.1, 0.15) is 23.7 Å². The first-order chi connectivity index (χ1) is 6.74. The number of nitrogens with two attached hydrogens (primary N) is 1. The Morgan fingerprint density at radius 2 is 2.36 bits per heavy atom. The summed E-state index contributed by atoms with van der Waals surface area (Å²) >= 11 is 0. The predicted octanol–water partition coefficient (Wildman–Crippen LogP) is 0.298. The summed E-state index contributed by atoms with van der Waals surface area (Å²) in [7, 11) is 4.18. The SMILES string of the molecule is CN1CCc2c(cnn2C)C1CCN. The van der Waals surface area contributed by atoms with Crippen LogP contribution in [0.3, 0.4) is 0 Å². The Morgan fingerprint density at radius 1 is 1.57 bits per heavy atom. The van der Waals surface area contributed by atoms with E-state index in [-0.39, 0.29) is 0 Å². The minimum Gasteiger partial charge on any atom is -0.330 e. The van der Waals surface area contributed by atoms with E-state index in [1.807, 2.05) is 17.9 Å². The number of likely N-dealkylation sites (N-methyl/N-ethyl adjacent to an activating group) is 1. The van der Waals surface area contributed by atoms with Crippen LogP contribution in [-0.2, 0) is 13.5 Å². The summed E-state index contributed by atoms with van der Waals surface area (Å²) in [6.07, 6.45) is 4.11. The lowest BCUT2D eigenvalue weighted by Gasteiger charge is -2.32. The van der Waals surface area contributed by atoms with Gasteiger partial charge < -0.3 is 5.73 Å². The molecule has 0 bridgehead atoms. The monoisotopic (exact) mass is 194 g/mol. The van der Waals surface area contributed by atoms with Gasteiger partial charge in [-0.3, -0.25) is 9.58 Å². The number of hydrogen-bond acceptors (Lipinski definition) is 3. The van der Waals surface area contributed by atoms with Crippen molar-refractivity contribution in [1.29, 1.82) is 0 Å². The van der Waals surface area contributed by atoms with Gasteiger partial charge in [-0.2, -0.15) is 5.10 Å². The van der Waals surface area contributed by atoms with Gasteiger partial charge in [0.15, 0.2) is 0 Å². The second kappa shape index (κ2) is 3.71. The first kappa shape index (κ1) is 9.68. The van der Waals surface area contributed by atoms with E-state index in [0.717, 1.165) is 25.9 Å². The zero-order valence-electron chi connectivity index (χ0n) is 8.90. The van der Waals surface area contributed by atoms with Crippen molar-refractivity contribution >= 4 is 0 Å². The van der Waals surface area contributed by atoms with E-state index in [2.05, 4.69) is 17.0 Å². The molecule has 0 fully saturated rings. The molecule has 0 aromatic carbocycles. The first-order valence-corrected chi connectivity index (χ1v) is 5.15. The molecule has 2 N–H and O–H groups in total. The van der Waals surface area contributed by atoms with Crippen LogP contribution in [0, 0.1) is 0 Å². The first-order valence-electron chi connectivity index (χ1n) is 5.15. The van der Waals surface area contributed by atoms with Crippen molar-refractivity contribution in [2.24, 2.45) is 12.8 Å². The highest BCUT2D eigenvalue weighted by molar-refractivity contribution is 5.25. The van der Waals surface area contributed by atoms with Gasteiger partial charge in [0.05, 0.1) is 6.20 Å². The van der Waals surface area contributed by atoms with Gasteiger partial charge >= 0.3 is 0 Å². The Hall–Kier alpha value is -0.870. The lowest BCUT2D eigenvalue weighted by molar-refractivity contribution is 0.219. The number of fused-ring (bicyclic) bond motifs is 1. The lowest BCUT2D eigenvalue weighted by Crippen LogP contribution is -2.33. The molecule has 1 unspecified atom stereocenters. The molecule has 0 saturated heterocycles. The zero-order valence-corrected chi connectivity index (χ0v) is 8.90. The Morgan fingerprint density at radius 3 is 3.07 bits per heavy atom. The molecule has 0 spiro atoms. The van der Waals surface area contributed by atoms with Crippen LogP contribution in [0.4, 0.5) is 0 Å². The van der Waals surface area contributed by atoms with E-state index in [4.69, 9.17) is 5.73 Å². The summed E-state index contributed by atoms with van der Waals surface area (Å²) in [4.78, 5) is 2.37. The summed E-state index contributed by atoms with van der Waals surface area (Å²) in [6, 6.07) is 0.470. The fourth-order valence-electron chi connectivity index (χ4n) is 2.27. The molecule has 2 heterocycles. The highest BCUT2D eigenvalue weighted by atomic mass is 15.3. The van der Waals surface area contributed by atoms with Crippen LogP contribution in [0.2, 0.25) is 0 Å². The number of rotatable bonds is 2. The van der Waals surface area contributed by atoms with Crippen LogP contribution < -0.4 is 5.73 Å². The molecule has 0 radical (unpaired) electrons. The molecule has 2 rings (SSSR count). The highest BCUT2D eigenvalue weighted by Gasteiger charge is 2.26. The van der Waals surface area contributed by atoms with E-state index >= 15 is 0 Å². The van der Waals surface area contributed by atoms with E-state index in [9.17, 15) is 0 Å². The van der Waals surface area contributed by atoms with E-state index in [1.165, 1.54) is 11.3 Å². The smallest absolute Gasteiger partial charge is 0.0540 e. The maximum absolute atomic E-state index is 5.63. The number of hydrogen-bond donors (Lipinski definition) is 1. The van der Waals surface area contributed by atoms with Gasteiger partial charge in [-0.05, 0) is 20.0 Å². The zero-order chi connectivity index (χ0) is 10.1. The lowest BCUT2D eigenvalue weighted by atomic mass is 9.97. The standard InChI is InChI=1S/C10H18N4/c1-13-6-4-10-8(7-12-14(10)2)9(13)3-5-11/h7,9H,3-6,11H2,1-2H3. The van der Waals surface area contributed by atoms with Gasteiger partial charge in [0, 0.05) is 37.3 Å². The quantitative estimate of drug-likeness (QED) is 0.736. The molecule has 1 aromatic heterocycles. The largest absolute Gasteiger partial charge is 0.330 e. The molecular formula is C10H18N4. The van der Waals surface area contributed by atoms with Crippen LogP contribution >= 0.6 is 0 Å². The molecule has 1 aromatic rings. The Labute approximate surface area is 84.7 Å². The van der Waals surface area contributed by atoms with Gasteiger partial charge in [-0.1, -0.05) is 0 Å². The van der Waals surface area contributed by atoms with Crippen LogP contribution in [0.15, 0.2) is 6.20 Å². The van der Waals surface area contributed by atoms with E-state index in [0.29, 0.717) is 6.04 Å². The molecule has 0 amide bonds. The average Bonchev–Trinajstić information content (AvgIpc) is 2.53. The van der Waals surface area contributed by atoms with Crippen molar-refractivity contribution in [1.82, 2.24) is 14.7 Å². The fraction of sp³-hybridized carbons (Fsp3) is 0.700. The molecule has 1 aliphatic heterocycles. The van der Waals surface area contributed by atoms with Crippen molar-refractivity contribution in [3.05, 3.63) is 17.5 Å². The summed E-state index contributed by atoms with van der Waals surface area (Å²) in [5, 5.41) is 4.31. The van der Waals surface area contributed by atoms with Gasteiger partial charge in [0.25, 0.3) is 0 Å². The third-order valence-corrected chi connectivity index (χ3v) is 3.13. The van der Waals surface area contributed by atoms with Gasteiger partial charge in [0.2, 0.25) is 0 Å². The minimum absolute atomic E-state index is 0.470. The third-order valence-electron chi connectivity index (χ3n) is 3.13. The van der Waals surface area contributed by atoms with Crippen molar-refractivity contribution in [2.75, 3.05) is 20.1 Å². The molecule has 78 valence electrons. The molecule has 4 nitrogen and oxygen atoms in total. The molecule has 4 heteroatoms. The van der Waals surface area contributed by atoms with Gasteiger partial charge in [-0.25, -0.2) is 0 Å². The van der Waals surface area contributed by atoms with Crippen LogP contribution in [0.5, 0.6) is 0 Å². The van der Waals surface area contributed by atoms with Crippen LogP contribution in [0.25, 0.3) is 0 Å². The van der Waals surface area contributed by atoms with Crippen molar-refractivity contribution in [3.63, 3.8) is 0 Å². The molecule has 0 aliphatic carbocycles. The van der Waals surface area contributed by atoms with Crippen molar-refractivity contribution < 1.29 is 0 Å². The summed E-state index contributed by atoms with van der Waals surface area (Å²) in [6.45, 7) is 1.85. The normalized spacial score (nSPS) is 22.4. The summed E-state index contributed by atoms with van der Waals surface area (Å²) in [5.74, 6) is 0. The number of aromatic nitrogens is 2. The molecular weight excluding hydrogens is 176 g/mol. The number of aryl methyl sites for hydroxylation is 1. The summed E-state index contributed by atoms with van der Waals surface area (Å²) < 4.78 is 1.99. The Balaban J connectivity index is 2.32. The topological polar surface area (TPSA) is 47.1 Å². The second-order valence-electron chi connectivity index (χ2n) is 3.99. The fourth-order valence-corrected chi connectivity index (χ4v) is 2.27. The maximum atomic E-state index is 5.63. The third kappa shape index (κ3) is 1.44. The molecule has 1 aliphatic rings. The predicted molar refractivity (Wildman–Crippen MR) is 56.0 cm³/mol. The van der Waals surface area contributed by atoms with Crippen molar-refractivity contribution in [3.8, 4) is 0 Å². The van der Waals surface area contributed by atoms with Crippen LogP contribution in [-0.4, -0.2) is 34.8 Å². The Bertz CT molecular complexity index is 318. The number of nitrogens with zero attached hydrogens (tertiary/aromatic N) is 3. The van der Waals surface area contributed by atoms with Gasteiger partial charge in [0.1, 0.15) is 0 Å².